The SMILES string of the molecule is CCNc1ccc([N+](=O)[O-])c(N2CCSC(C)(C)CC2)n1. The first-order valence-corrected chi connectivity index (χ1v) is 8.20. The Morgan fingerprint density at radius 1 is 1.48 bits per heavy atom. The number of anilines is 2. The molecule has 116 valence electrons. The summed E-state index contributed by atoms with van der Waals surface area (Å²) in [5.41, 5.74) is 0.0846. The highest BCUT2D eigenvalue weighted by molar-refractivity contribution is 8.00. The van der Waals surface area contributed by atoms with Crippen molar-refractivity contribution in [1.82, 2.24) is 4.98 Å². The first-order valence-electron chi connectivity index (χ1n) is 7.21. The van der Waals surface area contributed by atoms with E-state index in [9.17, 15) is 10.1 Å². The van der Waals surface area contributed by atoms with Crippen LogP contribution in [-0.2, 0) is 0 Å². The zero-order chi connectivity index (χ0) is 15.5. The Morgan fingerprint density at radius 3 is 2.90 bits per heavy atom. The van der Waals surface area contributed by atoms with Crippen LogP contribution in [0.2, 0.25) is 0 Å². The maximum absolute atomic E-state index is 11.3. The molecule has 0 aliphatic carbocycles. The van der Waals surface area contributed by atoms with E-state index in [2.05, 4.69) is 24.1 Å². The van der Waals surface area contributed by atoms with Gasteiger partial charge in [0.1, 0.15) is 5.82 Å². The molecule has 21 heavy (non-hydrogen) atoms. The number of nitrogens with zero attached hydrogens (tertiary/aromatic N) is 3. The van der Waals surface area contributed by atoms with Crippen LogP contribution in [0.1, 0.15) is 27.2 Å². The van der Waals surface area contributed by atoms with Crippen LogP contribution in [0.15, 0.2) is 12.1 Å². The minimum Gasteiger partial charge on any atom is -0.370 e. The lowest BCUT2D eigenvalue weighted by atomic mass is 10.1. The predicted octanol–water partition coefficient (Wildman–Crippen LogP) is 3.14. The summed E-state index contributed by atoms with van der Waals surface area (Å²) in [6.45, 7) is 8.75. The average molecular weight is 310 g/mol. The predicted molar refractivity (Wildman–Crippen MR) is 88.4 cm³/mol. The highest BCUT2D eigenvalue weighted by Crippen LogP contribution is 2.34. The van der Waals surface area contributed by atoms with E-state index < -0.39 is 0 Å². The summed E-state index contributed by atoms with van der Waals surface area (Å²) in [5, 5.41) is 14.4. The highest BCUT2D eigenvalue weighted by Gasteiger charge is 2.28. The van der Waals surface area contributed by atoms with Crippen molar-refractivity contribution in [3.8, 4) is 0 Å². The van der Waals surface area contributed by atoms with Crippen molar-refractivity contribution in [1.29, 1.82) is 0 Å². The van der Waals surface area contributed by atoms with Gasteiger partial charge in [0.2, 0.25) is 5.82 Å². The average Bonchev–Trinajstić information content (AvgIpc) is 2.60. The summed E-state index contributed by atoms with van der Waals surface area (Å²) in [6, 6.07) is 3.21. The molecule has 1 aromatic rings. The van der Waals surface area contributed by atoms with Crippen LogP contribution in [-0.4, -0.2) is 40.0 Å². The fourth-order valence-electron chi connectivity index (χ4n) is 2.33. The third-order valence-corrected chi connectivity index (χ3v) is 4.92. The Bertz CT molecular complexity index is 522. The second-order valence-corrected chi connectivity index (χ2v) is 7.47. The number of pyridine rings is 1. The largest absolute Gasteiger partial charge is 0.370 e. The van der Waals surface area contributed by atoms with Gasteiger partial charge in [-0.15, -0.1) is 0 Å². The van der Waals surface area contributed by atoms with Crippen molar-refractivity contribution in [2.75, 3.05) is 35.6 Å². The van der Waals surface area contributed by atoms with Gasteiger partial charge in [0.25, 0.3) is 0 Å². The van der Waals surface area contributed by atoms with E-state index in [1.165, 1.54) is 0 Å². The van der Waals surface area contributed by atoms with Gasteiger partial charge in [0, 0.05) is 36.2 Å². The molecule has 0 atom stereocenters. The number of nitrogens with one attached hydrogen (secondary N) is 1. The number of rotatable bonds is 4. The first kappa shape index (κ1) is 15.9. The first-order chi connectivity index (χ1) is 9.93. The third kappa shape index (κ3) is 4.00. The Hall–Kier alpha value is -1.50. The molecule has 0 spiro atoms. The van der Waals surface area contributed by atoms with E-state index >= 15 is 0 Å². The maximum Gasteiger partial charge on any atom is 0.311 e. The molecule has 0 radical (unpaired) electrons. The van der Waals surface area contributed by atoms with E-state index in [-0.39, 0.29) is 15.4 Å². The topological polar surface area (TPSA) is 71.3 Å². The zero-order valence-electron chi connectivity index (χ0n) is 12.8. The Morgan fingerprint density at radius 2 is 2.24 bits per heavy atom. The van der Waals surface area contributed by atoms with Crippen molar-refractivity contribution in [3.05, 3.63) is 22.2 Å². The number of hydrogen-bond donors (Lipinski definition) is 1. The number of aromatic nitrogens is 1. The van der Waals surface area contributed by atoms with Crippen LogP contribution in [0.4, 0.5) is 17.3 Å². The van der Waals surface area contributed by atoms with Crippen LogP contribution in [0.3, 0.4) is 0 Å². The van der Waals surface area contributed by atoms with Crippen molar-refractivity contribution in [2.24, 2.45) is 0 Å². The summed E-state index contributed by atoms with van der Waals surface area (Å²) in [6.07, 6.45) is 0.988. The van der Waals surface area contributed by atoms with Gasteiger partial charge in [-0.1, -0.05) is 13.8 Å². The van der Waals surface area contributed by atoms with Crippen LogP contribution < -0.4 is 10.2 Å². The molecule has 2 heterocycles. The second kappa shape index (κ2) is 6.51. The van der Waals surface area contributed by atoms with E-state index in [0.29, 0.717) is 11.6 Å². The molecule has 0 aromatic carbocycles. The van der Waals surface area contributed by atoms with E-state index in [1.807, 2.05) is 23.6 Å². The summed E-state index contributed by atoms with van der Waals surface area (Å²) in [5.74, 6) is 2.13. The second-order valence-electron chi connectivity index (χ2n) is 5.67. The molecule has 1 aliphatic heterocycles. The van der Waals surface area contributed by atoms with Crippen LogP contribution >= 0.6 is 11.8 Å². The molecule has 7 heteroatoms. The summed E-state index contributed by atoms with van der Waals surface area (Å²) < 4.78 is 0.211. The lowest BCUT2D eigenvalue weighted by Crippen LogP contribution is -2.28. The number of thioether (sulfide) groups is 1. The van der Waals surface area contributed by atoms with E-state index in [4.69, 9.17) is 0 Å². The van der Waals surface area contributed by atoms with Crippen molar-refractivity contribution >= 4 is 29.1 Å². The van der Waals surface area contributed by atoms with Gasteiger partial charge in [0.05, 0.1) is 4.92 Å². The smallest absolute Gasteiger partial charge is 0.311 e. The lowest BCUT2D eigenvalue weighted by molar-refractivity contribution is -0.384. The van der Waals surface area contributed by atoms with Crippen LogP contribution in [0, 0.1) is 10.1 Å². The minimum atomic E-state index is -0.346. The third-order valence-electron chi connectivity index (χ3n) is 3.55. The van der Waals surface area contributed by atoms with Crippen LogP contribution in [0.5, 0.6) is 0 Å². The van der Waals surface area contributed by atoms with Crippen molar-refractivity contribution in [3.63, 3.8) is 0 Å². The fourth-order valence-corrected chi connectivity index (χ4v) is 3.43. The molecule has 0 amide bonds. The monoisotopic (exact) mass is 310 g/mol. The van der Waals surface area contributed by atoms with Gasteiger partial charge in [-0.25, -0.2) is 4.98 Å². The molecule has 2 rings (SSSR count). The van der Waals surface area contributed by atoms with Crippen molar-refractivity contribution in [2.45, 2.75) is 31.9 Å². The summed E-state index contributed by atoms with van der Waals surface area (Å²) >= 11 is 1.91. The lowest BCUT2D eigenvalue weighted by Gasteiger charge is -2.23. The Labute approximate surface area is 129 Å². The standard InChI is InChI=1S/C14H22N4O2S/c1-4-15-12-6-5-11(18(19)20)13(16-12)17-8-7-14(2,3)21-10-9-17/h5-6H,4,7-10H2,1-3H3,(H,15,16). The summed E-state index contributed by atoms with van der Waals surface area (Å²) in [7, 11) is 0. The fraction of sp³-hybridized carbons (Fsp3) is 0.643. The molecule has 1 N–H and O–H groups in total. The molecule has 0 bridgehead atoms. The van der Waals surface area contributed by atoms with Gasteiger partial charge in [-0.05, 0) is 19.4 Å². The molecular formula is C14H22N4O2S. The summed E-state index contributed by atoms with van der Waals surface area (Å²) in [4.78, 5) is 17.4. The van der Waals surface area contributed by atoms with Gasteiger partial charge in [0.15, 0.2) is 0 Å². The molecule has 1 aromatic heterocycles. The minimum absolute atomic E-state index is 0.0846. The van der Waals surface area contributed by atoms with Gasteiger partial charge >= 0.3 is 5.69 Å². The number of hydrogen-bond acceptors (Lipinski definition) is 6. The highest BCUT2D eigenvalue weighted by atomic mass is 32.2. The van der Waals surface area contributed by atoms with E-state index in [1.54, 1.807) is 12.1 Å². The molecule has 1 fully saturated rings. The molecule has 6 nitrogen and oxygen atoms in total. The Kier molecular flexibility index (Phi) is 4.92. The number of nitro groups is 1. The molecule has 0 saturated carbocycles. The van der Waals surface area contributed by atoms with Gasteiger partial charge in [-0.2, -0.15) is 11.8 Å². The molecule has 1 aliphatic rings. The normalized spacial score (nSPS) is 18.1. The maximum atomic E-state index is 11.3. The van der Waals surface area contributed by atoms with E-state index in [0.717, 1.165) is 31.8 Å². The molecular weight excluding hydrogens is 288 g/mol. The van der Waals surface area contributed by atoms with Gasteiger partial charge in [-0.3, -0.25) is 10.1 Å². The Balaban J connectivity index is 2.31. The molecule has 0 unspecified atom stereocenters. The quantitative estimate of drug-likeness (QED) is 0.680. The zero-order valence-corrected chi connectivity index (χ0v) is 13.6. The molecule has 1 saturated heterocycles. The van der Waals surface area contributed by atoms with Crippen LogP contribution in [0.25, 0.3) is 0 Å². The van der Waals surface area contributed by atoms with Crippen molar-refractivity contribution < 1.29 is 4.92 Å². The van der Waals surface area contributed by atoms with Gasteiger partial charge < -0.3 is 10.2 Å².